The zero-order valence-corrected chi connectivity index (χ0v) is 12.3. The molecule has 1 aromatic carbocycles. The van der Waals surface area contributed by atoms with Gasteiger partial charge in [0.05, 0.1) is 4.90 Å². The van der Waals surface area contributed by atoms with Gasteiger partial charge in [0.15, 0.2) is 0 Å². The number of rotatable bonds is 2. The van der Waals surface area contributed by atoms with Crippen molar-refractivity contribution in [3.63, 3.8) is 0 Å². The quantitative estimate of drug-likeness (QED) is 0.490. The normalized spacial score (nSPS) is 11.3. The molecule has 0 heterocycles. The summed E-state index contributed by atoms with van der Waals surface area (Å²) in [6.07, 6.45) is 0. The predicted octanol–water partition coefficient (Wildman–Crippen LogP) is -0.973. The summed E-state index contributed by atoms with van der Waals surface area (Å²) in [6, 6.07) is 5.08. The van der Waals surface area contributed by atoms with Crippen LogP contribution in [-0.4, -0.2) is 13.0 Å². The van der Waals surface area contributed by atoms with Crippen LogP contribution in [0.25, 0.3) is 0 Å². The Kier molecular flexibility index (Phi) is 5.50. The first kappa shape index (κ1) is 15.1. The summed E-state index contributed by atoms with van der Waals surface area (Å²) >= 11 is 0. The minimum atomic E-state index is -4.36. The molecule has 0 fully saturated rings. The molecule has 0 aliphatic carbocycles. The molecule has 5 heteroatoms. The van der Waals surface area contributed by atoms with Gasteiger partial charge in [-0.05, 0) is 24.0 Å². The Bertz CT molecular complexity index is 438. The molecule has 0 amide bonds. The second kappa shape index (κ2) is 5.46. The monoisotopic (exact) mass is 236 g/mol. The maximum absolute atomic E-state index is 11.0. The molecule has 0 N–H and O–H groups in total. The molecule has 1 aromatic rings. The van der Waals surface area contributed by atoms with Gasteiger partial charge in [0.2, 0.25) is 0 Å². The van der Waals surface area contributed by atoms with Gasteiger partial charge in [-0.1, -0.05) is 32.0 Å². The fourth-order valence-electron chi connectivity index (χ4n) is 1.47. The Morgan fingerprint density at radius 3 is 2.13 bits per heavy atom. The van der Waals surface area contributed by atoms with Crippen molar-refractivity contribution in [1.29, 1.82) is 0 Å². The molecular weight excluding hydrogens is 223 g/mol. The molecule has 0 aliphatic rings. The Balaban J connectivity index is 0.00000196. The van der Waals surface area contributed by atoms with Crippen LogP contribution in [0.4, 0.5) is 0 Å². The fourth-order valence-corrected chi connectivity index (χ4v) is 2.53. The van der Waals surface area contributed by atoms with E-state index in [1.807, 2.05) is 13.8 Å². The zero-order valence-electron chi connectivity index (χ0n) is 9.44. The summed E-state index contributed by atoms with van der Waals surface area (Å²) in [6.45, 7) is 5.36. The van der Waals surface area contributed by atoms with Gasteiger partial charge in [0.25, 0.3) is 0 Å². The molecule has 0 unspecified atom stereocenters. The van der Waals surface area contributed by atoms with Crippen LogP contribution in [0.1, 0.15) is 30.9 Å². The van der Waals surface area contributed by atoms with E-state index in [0.29, 0.717) is 11.1 Å². The molecule has 0 saturated heterocycles. The molecule has 0 aromatic heterocycles. The van der Waals surface area contributed by atoms with E-state index in [2.05, 4.69) is 0 Å². The molecule has 0 spiro atoms. The van der Waals surface area contributed by atoms with Crippen LogP contribution in [0.3, 0.4) is 0 Å². The third-order valence-electron chi connectivity index (χ3n) is 2.11. The van der Waals surface area contributed by atoms with E-state index in [-0.39, 0.29) is 40.4 Å². The molecule has 0 atom stereocenters. The molecule has 0 bridgehead atoms. The molecule has 0 radical (unpaired) electrons. The van der Waals surface area contributed by atoms with Gasteiger partial charge in [-0.2, -0.15) is 0 Å². The van der Waals surface area contributed by atoms with E-state index in [9.17, 15) is 13.0 Å². The van der Waals surface area contributed by atoms with Crippen LogP contribution in [-0.2, 0) is 10.1 Å². The van der Waals surface area contributed by atoms with Gasteiger partial charge in [-0.25, -0.2) is 8.42 Å². The molecule has 0 saturated carbocycles. The molecule has 78 valence electrons. The van der Waals surface area contributed by atoms with E-state index in [1.165, 1.54) is 0 Å². The van der Waals surface area contributed by atoms with Crippen molar-refractivity contribution in [2.45, 2.75) is 31.6 Å². The van der Waals surface area contributed by atoms with E-state index in [4.69, 9.17) is 0 Å². The van der Waals surface area contributed by atoms with Gasteiger partial charge in [-0.3, -0.25) is 0 Å². The summed E-state index contributed by atoms with van der Waals surface area (Å²) in [7, 11) is -4.36. The van der Waals surface area contributed by atoms with Crippen molar-refractivity contribution in [2.24, 2.45) is 0 Å². The third-order valence-corrected chi connectivity index (χ3v) is 3.17. The van der Waals surface area contributed by atoms with Crippen LogP contribution in [0.2, 0.25) is 0 Å². The standard InChI is InChI=1S/C10H14O3S.Na/c1-7(2)9-6-4-5-8(3)10(9)14(11,12)13;/h4-7H,1-3H3,(H,11,12,13);/q;+1/p-1. The average Bonchev–Trinajstić information content (AvgIpc) is 2.01. The second-order valence-electron chi connectivity index (χ2n) is 3.60. The maximum Gasteiger partial charge on any atom is 1.00 e. The molecular formula is C10H13NaO3S. The van der Waals surface area contributed by atoms with E-state index in [1.54, 1.807) is 25.1 Å². The van der Waals surface area contributed by atoms with Gasteiger partial charge < -0.3 is 4.55 Å². The van der Waals surface area contributed by atoms with Gasteiger partial charge in [0.1, 0.15) is 10.1 Å². The SMILES string of the molecule is Cc1cccc(C(C)C)c1S(=O)(=O)[O-].[Na+]. The van der Waals surface area contributed by atoms with Crippen LogP contribution < -0.4 is 29.6 Å². The Labute approximate surface area is 113 Å². The molecule has 3 nitrogen and oxygen atoms in total. The average molecular weight is 236 g/mol. The van der Waals surface area contributed by atoms with Crippen molar-refractivity contribution in [1.82, 2.24) is 0 Å². The largest absolute Gasteiger partial charge is 1.00 e. The summed E-state index contributed by atoms with van der Waals surface area (Å²) in [5.41, 5.74) is 1.12. The molecule has 15 heavy (non-hydrogen) atoms. The van der Waals surface area contributed by atoms with E-state index in [0.717, 1.165) is 0 Å². The first-order valence-electron chi connectivity index (χ1n) is 4.39. The minimum Gasteiger partial charge on any atom is -0.744 e. The summed E-state index contributed by atoms with van der Waals surface area (Å²) < 4.78 is 33.1. The molecule has 0 aliphatic heterocycles. The van der Waals surface area contributed by atoms with E-state index < -0.39 is 10.1 Å². The zero-order chi connectivity index (χ0) is 10.9. The maximum atomic E-state index is 11.0. The van der Waals surface area contributed by atoms with Crippen molar-refractivity contribution >= 4 is 10.1 Å². The van der Waals surface area contributed by atoms with Crippen molar-refractivity contribution in [3.8, 4) is 0 Å². The number of aryl methyl sites for hydroxylation is 1. The van der Waals surface area contributed by atoms with Crippen LogP contribution >= 0.6 is 0 Å². The fraction of sp³-hybridized carbons (Fsp3) is 0.400. The van der Waals surface area contributed by atoms with Crippen molar-refractivity contribution in [2.75, 3.05) is 0 Å². The smallest absolute Gasteiger partial charge is 0.744 e. The minimum absolute atomic E-state index is 0. The second-order valence-corrected chi connectivity index (χ2v) is 4.92. The Morgan fingerprint density at radius 2 is 1.80 bits per heavy atom. The number of hydrogen-bond donors (Lipinski definition) is 0. The van der Waals surface area contributed by atoms with Gasteiger partial charge in [-0.15, -0.1) is 0 Å². The molecule has 1 rings (SSSR count). The topological polar surface area (TPSA) is 57.2 Å². The van der Waals surface area contributed by atoms with Gasteiger partial charge in [0, 0.05) is 0 Å². The van der Waals surface area contributed by atoms with Crippen molar-refractivity contribution < 1.29 is 42.5 Å². The summed E-state index contributed by atoms with van der Waals surface area (Å²) in [5.74, 6) is 0.0358. The number of hydrogen-bond acceptors (Lipinski definition) is 3. The first-order chi connectivity index (χ1) is 6.34. The number of benzene rings is 1. The predicted molar refractivity (Wildman–Crippen MR) is 53.2 cm³/mol. The van der Waals surface area contributed by atoms with Crippen LogP contribution in [0.15, 0.2) is 23.1 Å². The van der Waals surface area contributed by atoms with E-state index >= 15 is 0 Å². The van der Waals surface area contributed by atoms with Crippen molar-refractivity contribution in [3.05, 3.63) is 29.3 Å². The Morgan fingerprint density at radius 1 is 1.27 bits per heavy atom. The van der Waals surface area contributed by atoms with Crippen LogP contribution in [0.5, 0.6) is 0 Å². The third kappa shape index (κ3) is 3.57. The summed E-state index contributed by atoms with van der Waals surface area (Å²) in [4.78, 5) is -0.0602. The Hall–Kier alpha value is 0.130. The summed E-state index contributed by atoms with van der Waals surface area (Å²) in [5, 5.41) is 0. The van der Waals surface area contributed by atoms with Crippen LogP contribution in [0, 0.1) is 6.92 Å². The first-order valence-corrected chi connectivity index (χ1v) is 5.80. The van der Waals surface area contributed by atoms with Gasteiger partial charge >= 0.3 is 29.6 Å².